The molecule has 0 unspecified atom stereocenters. The highest BCUT2D eigenvalue weighted by molar-refractivity contribution is 9.10. The first-order valence-corrected chi connectivity index (χ1v) is 7.72. The quantitative estimate of drug-likeness (QED) is 0.751. The van der Waals surface area contributed by atoms with Crippen LogP contribution in [0, 0.1) is 0 Å². The Morgan fingerprint density at radius 1 is 1.30 bits per heavy atom. The van der Waals surface area contributed by atoms with Gasteiger partial charge in [-0.25, -0.2) is 13.1 Å². The van der Waals surface area contributed by atoms with Gasteiger partial charge in [0.1, 0.15) is 16.4 Å². The fourth-order valence-corrected chi connectivity index (χ4v) is 3.09. The lowest BCUT2D eigenvalue weighted by atomic mass is 10.3. The molecule has 0 atom stereocenters. The van der Waals surface area contributed by atoms with Crippen molar-refractivity contribution >= 4 is 31.9 Å². The number of aliphatic carboxylic acids is 1. The number of carbonyl (C=O) groups is 1. The molecule has 0 saturated heterocycles. The maximum atomic E-state index is 12.1. The summed E-state index contributed by atoms with van der Waals surface area (Å²) in [5, 5.41) is 8.51. The molecule has 0 aliphatic heterocycles. The molecule has 0 aliphatic carbocycles. The molecule has 20 heavy (non-hydrogen) atoms. The van der Waals surface area contributed by atoms with E-state index in [9.17, 15) is 13.2 Å². The van der Waals surface area contributed by atoms with Gasteiger partial charge >= 0.3 is 5.97 Å². The summed E-state index contributed by atoms with van der Waals surface area (Å²) < 4.78 is 37.0. The van der Waals surface area contributed by atoms with Crippen molar-refractivity contribution < 1.29 is 27.8 Å². The van der Waals surface area contributed by atoms with Crippen LogP contribution in [-0.2, 0) is 14.8 Å². The lowest BCUT2D eigenvalue weighted by Gasteiger charge is -2.13. The van der Waals surface area contributed by atoms with E-state index in [1.54, 1.807) is 0 Å². The molecule has 9 heteroatoms. The molecule has 0 fully saturated rings. The average Bonchev–Trinajstić information content (AvgIpc) is 2.37. The zero-order valence-electron chi connectivity index (χ0n) is 10.8. The van der Waals surface area contributed by atoms with Crippen molar-refractivity contribution in [1.82, 2.24) is 4.72 Å². The molecule has 1 rings (SSSR count). The third-order valence-corrected chi connectivity index (χ3v) is 4.46. The number of carboxylic acid groups (broad SMARTS) is 1. The number of hydrogen-bond acceptors (Lipinski definition) is 5. The maximum Gasteiger partial charge on any atom is 0.304 e. The Kier molecular flexibility index (Phi) is 5.78. The molecule has 0 radical (unpaired) electrons. The van der Waals surface area contributed by atoms with Crippen LogP contribution >= 0.6 is 15.9 Å². The first-order valence-electron chi connectivity index (χ1n) is 5.44. The van der Waals surface area contributed by atoms with Gasteiger partial charge < -0.3 is 14.6 Å². The normalized spacial score (nSPS) is 11.2. The standard InChI is InChI=1S/C11H14BrNO6S/c1-18-8-6-10(9(19-2)5-7(8)12)20(16,17)13-4-3-11(14)15/h5-6,13H,3-4H2,1-2H3,(H,14,15). The van der Waals surface area contributed by atoms with Gasteiger partial charge in [0.05, 0.1) is 25.1 Å². The summed E-state index contributed by atoms with van der Waals surface area (Å²) in [6.45, 7) is -0.209. The number of halogens is 1. The fourth-order valence-electron chi connectivity index (χ4n) is 1.41. The second kappa shape index (κ2) is 6.91. The van der Waals surface area contributed by atoms with Gasteiger partial charge in [-0.3, -0.25) is 4.79 Å². The van der Waals surface area contributed by atoms with Crippen LogP contribution in [0.1, 0.15) is 6.42 Å². The van der Waals surface area contributed by atoms with Gasteiger partial charge in [-0.2, -0.15) is 0 Å². The number of benzene rings is 1. The van der Waals surface area contributed by atoms with E-state index in [4.69, 9.17) is 14.6 Å². The molecule has 1 aromatic rings. The Morgan fingerprint density at radius 2 is 1.90 bits per heavy atom. The molecule has 0 amide bonds. The molecule has 0 spiro atoms. The summed E-state index contributed by atoms with van der Waals surface area (Å²) in [6, 6.07) is 2.76. The highest BCUT2D eigenvalue weighted by atomic mass is 79.9. The van der Waals surface area contributed by atoms with E-state index in [1.807, 2.05) is 0 Å². The van der Waals surface area contributed by atoms with E-state index in [-0.39, 0.29) is 23.6 Å². The van der Waals surface area contributed by atoms with Crippen LogP contribution in [0.5, 0.6) is 11.5 Å². The summed E-state index contributed by atoms with van der Waals surface area (Å²) in [7, 11) is -1.15. The maximum absolute atomic E-state index is 12.1. The van der Waals surface area contributed by atoms with Gasteiger partial charge in [0.2, 0.25) is 10.0 Å². The lowest BCUT2D eigenvalue weighted by molar-refractivity contribution is -0.136. The van der Waals surface area contributed by atoms with E-state index in [2.05, 4.69) is 20.7 Å². The van der Waals surface area contributed by atoms with E-state index < -0.39 is 16.0 Å². The summed E-state index contributed by atoms with van der Waals surface area (Å²) >= 11 is 3.22. The van der Waals surface area contributed by atoms with Crippen LogP contribution in [0.4, 0.5) is 0 Å². The number of rotatable bonds is 7. The molecule has 0 saturated carbocycles. The highest BCUT2D eigenvalue weighted by Crippen LogP contribution is 2.35. The Bertz CT molecular complexity index is 601. The second-order valence-electron chi connectivity index (χ2n) is 3.68. The Labute approximate surface area is 125 Å². The molecule has 0 bridgehead atoms. The number of hydrogen-bond donors (Lipinski definition) is 2. The molecular formula is C11H14BrNO6S. The van der Waals surface area contributed by atoms with E-state index >= 15 is 0 Å². The predicted octanol–water partition coefficient (Wildman–Crippen LogP) is 1.22. The van der Waals surface area contributed by atoms with Gasteiger partial charge in [0, 0.05) is 12.6 Å². The number of ether oxygens (including phenoxy) is 2. The fraction of sp³-hybridized carbons (Fsp3) is 0.364. The third-order valence-electron chi connectivity index (χ3n) is 2.36. The highest BCUT2D eigenvalue weighted by Gasteiger charge is 2.22. The SMILES string of the molecule is COc1cc(S(=O)(=O)NCCC(=O)O)c(OC)cc1Br. The summed E-state index contributed by atoms with van der Waals surface area (Å²) in [5.74, 6) is -0.641. The molecule has 0 heterocycles. The zero-order valence-corrected chi connectivity index (χ0v) is 13.2. The van der Waals surface area contributed by atoms with Crippen LogP contribution in [0.15, 0.2) is 21.5 Å². The summed E-state index contributed by atoms with van der Waals surface area (Å²) in [4.78, 5) is 10.3. The zero-order chi connectivity index (χ0) is 15.3. The Hall–Kier alpha value is -1.32. The number of methoxy groups -OCH3 is 2. The van der Waals surface area contributed by atoms with Gasteiger partial charge in [0.15, 0.2) is 0 Å². The Morgan fingerprint density at radius 3 is 2.40 bits per heavy atom. The van der Waals surface area contributed by atoms with Crippen molar-refractivity contribution in [2.75, 3.05) is 20.8 Å². The third kappa shape index (κ3) is 4.09. The van der Waals surface area contributed by atoms with E-state index in [1.165, 1.54) is 26.4 Å². The minimum Gasteiger partial charge on any atom is -0.496 e. The van der Waals surface area contributed by atoms with Crippen LogP contribution in [-0.4, -0.2) is 40.3 Å². The Balaban J connectivity index is 3.12. The minimum atomic E-state index is -3.89. The first-order chi connectivity index (χ1) is 9.31. The molecule has 2 N–H and O–H groups in total. The lowest BCUT2D eigenvalue weighted by Crippen LogP contribution is -2.26. The van der Waals surface area contributed by atoms with Crippen LogP contribution in [0.3, 0.4) is 0 Å². The molecule has 0 aliphatic rings. The van der Waals surface area contributed by atoms with Crippen molar-refractivity contribution in [3.8, 4) is 11.5 Å². The monoisotopic (exact) mass is 367 g/mol. The van der Waals surface area contributed by atoms with Crippen molar-refractivity contribution in [3.63, 3.8) is 0 Å². The van der Waals surface area contributed by atoms with Gasteiger partial charge in [-0.15, -0.1) is 0 Å². The molecular weight excluding hydrogens is 354 g/mol. The van der Waals surface area contributed by atoms with E-state index in [0.717, 1.165) is 0 Å². The van der Waals surface area contributed by atoms with Crippen molar-refractivity contribution in [3.05, 3.63) is 16.6 Å². The van der Waals surface area contributed by atoms with Crippen LogP contribution in [0.2, 0.25) is 0 Å². The summed E-state index contributed by atoms with van der Waals surface area (Å²) in [5.41, 5.74) is 0. The molecule has 7 nitrogen and oxygen atoms in total. The van der Waals surface area contributed by atoms with Crippen molar-refractivity contribution in [2.45, 2.75) is 11.3 Å². The summed E-state index contributed by atoms with van der Waals surface area (Å²) in [6.07, 6.45) is -0.310. The topological polar surface area (TPSA) is 102 Å². The minimum absolute atomic E-state index is 0.120. The smallest absolute Gasteiger partial charge is 0.304 e. The number of nitrogens with one attached hydrogen (secondary N) is 1. The van der Waals surface area contributed by atoms with Gasteiger partial charge in [0.25, 0.3) is 0 Å². The van der Waals surface area contributed by atoms with Crippen molar-refractivity contribution in [2.24, 2.45) is 0 Å². The molecule has 112 valence electrons. The van der Waals surface area contributed by atoms with Crippen molar-refractivity contribution in [1.29, 1.82) is 0 Å². The van der Waals surface area contributed by atoms with E-state index in [0.29, 0.717) is 10.2 Å². The van der Waals surface area contributed by atoms with Gasteiger partial charge in [-0.1, -0.05) is 0 Å². The largest absolute Gasteiger partial charge is 0.496 e. The van der Waals surface area contributed by atoms with Gasteiger partial charge in [-0.05, 0) is 22.0 Å². The predicted molar refractivity (Wildman–Crippen MR) is 74.7 cm³/mol. The molecule has 1 aromatic carbocycles. The number of carboxylic acids is 1. The van der Waals surface area contributed by atoms with Crippen LogP contribution in [0.25, 0.3) is 0 Å². The number of sulfonamides is 1. The average molecular weight is 368 g/mol. The first kappa shape index (κ1) is 16.7. The second-order valence-corrected chi connectivity index (χ2v) is 6.27. The van der Waals surface area contributed by atoms with Crippen LogP contribution < -0.4 is 14.2 Å². The molecule has 0 aromatic heterocycles.